The Labute approximate surface area is 106 Å². The molecule has 0 amide bonds. The fraction of sp³-hybridized carbons (Fsp3) is 0.0909. The predicted octanol–water partition coefficient (Wildman–Crippen LogP) is 1.54. The van der Waals surface area contributed by atoms with E-state index < -0.39 is 17.9 Å². The molecule has 0 aliphatic carbocycles. The van der Waals surface area contributed by atoms with Gasteiger partial charge in [0.25, 0.3) is 0 Å². The standard InChI is InChI=1S/C11H7ClN2O4/c12-6-2-1-5(7(10(15)16)11(17)18)8-9(6)14-4-3-13-8/h1-4,7H,(H,15,16)(H,17,18). The Morgan fingerprint density at radius 1 is 1.06 bits per heavy atom. The average molecular weight is 267 g/mol. The molecule has 0 saturated carbocycles. The molecule has 0 radical (unpaired) electrons. The predicted molar refractivity (Wildman–Crippen MR) is 62.6 cm³/mol. The highest BCUT2D eigenvalue weighted by molar-refractivity contribution is 6.35. The number of hydrogen-bond acceptors (Lipinski definition) is 4. The molecule has 0 spiro atoms. The molecule has 0 aliphatic rings. The summed E-state index contributed by atoms with van der Waals surface area (Å²) >= 11 is 5.90. The third kappa shape index (κ3) is 1.98. The third-order valence-corrected chi connectivity index (χ3v) is 2.72. The van der Waals surface area contributed by atoms with Crippen molar-refractivity contribution in [1.82, 2.24) is 9.97 Å². The molecule has 0 saturated heterocycles. The van der Waals surface area contributed by atoms with E-state index in [1.807, 2.05) is 0 Å². The van der Waals surface area contributed by atoms with E-state index in [1.165, 1.54) is 24.5 Å². The lowest BCUT2D eigenvalue weighted by Crippen LogP contribution is -2.21. The monoisotopic (exact) mass is 266 g/mol. The van der Waals surface area contributed by atoms with E-state index in [4.69, 9.17) is 21.8 Å². The van der Waals surface area contributed by atoms with Gasteiger partial charge in [0.2, 0.25) is 0 Å². The van der Waals surface area contributed by atoms with Gasteiger partial charge in [0, 0.05) is 18.0 Å². The number of hydrogen-bond donors (Lipinski definition) is 2. The van der Waals surface area contributed by atoms with Crippen LogP contribution < -0.4 is 0 Å². The molecule has 1 aromatic heterocycles. The summed E-state index contributed by atoms with van der Waals surface area (Å²) < 4.78 is 0. The summed E-state index contributed by atoms with van der Waals surface area (Å²) in [5, 5.41) is 18.2. The number of carboxylic acids is 2. The van der Waals surface area contributed by atoms with Crippen molar-refractivity contribution in [3.63, 3.8) is 0 Å². The number of aromatic nitrogens is 2. The van der Waals surface area contributed by atoms with Gasteiger partial charge in [-0.1, -0.05) is 17.7 Å². The van der Waals surface area contributed by atoms with Crippen LogP contribution in [0.25, 0.3) is 11.0 Å². The van der Waals surface area contributed by atoms with Gasteiger partial charge in [0.15, 0.2) is 5.92 Å². The van der Waals surface area contributed by atoms with Gasteiger partial charge in [-0.15, -0.1) is 0 Å². The van der Waals surface area contributed by atoms with Crippen molar-refractivity contribution in [1.29, 1.82) is 0 Å². The van der Waals surface area contributed by atoms with Gasteiger partial charge >= 0.3 is 11.9 Å². The number of aliphatic carboxylic acids is 2. The zero-order valence-corrected chi connectivity index (χ0v) is 9.63. The molecule has 0 bridgehead atoms. The van der Waals surface area contributed by atoms with Gasteiger partial charge in [0.05, 0.1) is 10.5 Å². The summed E-state index contributed by atoms with van der Waals surface area (Å²) in [5.74, 6) is -4.62. The highest BCUT2D eigenvalue weighted by Crippen LogP contribution is 2.28. The van der Waals surface area contributed by atoms with Crippen LogP contribution in [0.5, 0.6) is 0 Å². The molecule has 18 heavy (non-hydrogen) atoms. The van der Waals surface area contributed by atoms with E-state index in [0.717, 1.165) is 0 Å². The third-order valence-electron chi connectivity index (χ3n) is 2.41. The molecule has 0 aliphatic heterocycles. The lowest BCUT2D eigenvalue weighted by molar-refractivity contribution is -0.149. The Morgan fingerprint density at radius 2 is 1.61 bits per heavy atom. The zero-order valence-electron chi connectivity index (χ0n) is 8.87. The van der Waals surface area contributed by atoms with E-state index in [9.17, 15) is 9.59 Å². The molecule has 0 atom stereocenters. The van der Waals surface area contributed by atoms with Gasteiger partial charge in [-0.2, -0.15) is 0 Å². The van der Waals surface area contributed by atoms with Crippen molar-refractivity contribution in [2.45, 2.75) is 5.92 Å². The van der Waals surface area contributed by atoms with E-state index in [-0.39, 0.29) is 21.6 Å². The summed E-state index contributed by atoms with van der Waals surface area (Å²) in [7, 11) is 0. The molecule has 0 fully saturated rings. The van der Waals surface area contributed by atoms with Gasteiger partial charge in [0.1, 0.15) is 5.52 Å². The minimum absolute atomic E-state index is 0.0579. The molecule has 2 N–H and O–H groups in total. The molecule has 1 heterocycles. The van der Waals surface area contributed by atoms with Crippen molar-refractivity contribution in [3.05, 3.63) is 35.1 Å². The lowest BCUT2D eigenvalue weighted by Gasteiger charge is -2.10. The van der Waals surface area contributed by atoms with Crippen LogP contribution in [0.1, 0.15) is 11.5 Å². The molecule has 2 aromatic rings. The molecular weight excluding hydrogens is 260 g/mol. The molecule has 1 aromatic carbocycles. The molecular formula is C11H7ClN2O4. The summed E-state index contributed by atoms with van der Waals surface area (Å²) in [6.07, 6.45) is 2.75. The number of nitrogens with zero attached hydrogens (tertiary/aromatic N) is 2. The first kappa shape index (κ1) is 12.3. The molecule has 2 rings (SSSR count). The first-order valence-electron chi connectivity index (χ1n) is 4.87. The Kier molecular flexibility index (Phi) is 3.12. The van der Waals surface area contributed by atoms with Crippen LogP contribution in [-0.2, 0) is 9.59 Å². The topological polar surface area (TPSA) is 100 Å². The number of benzene rings is 1. The van der Waals surface area contributed by atoms with Crippen LogP contribution in [0, 0.1) is 0 Å². The fourth-order valence-corrected chi connectivity index (χ4v) is 1.85. The van der Waals surface area contributed by atoms with E-state index in [1.54, 1.807) is 0 Å². The van der Waals surface area contributed by atoms with Crippen LogP contribution in [-0.4, -0.2) is 32.1 Å². The number of carbonyl (C=O) groups is 2. The Hall–Kier alpha value is -2.21. The minimum Gasteiger partial charge on any atom is -0.480 e. The molecule has 6 nitrogen and oxygen atoms in total. The Balaban J connectivity index is 2.75. The van der Waals surface area contributed by atoms with Gasteiger partial charge < -0.3 is 10.2 Å². The second kappa shape index (κ2) is 4.58. The second-order valence-electron chi connectivity index (χ2n) is 3.50. The van der Waals surface area contributed by atoms with Crippen LogP contribution in [0.2, 0.25) is 5.02 Å². The average Bonchev–Trinajstić information content (AvgIpc) is 2.32. The maximum absolute atomic E-state index is 11.0. The van der Waals surface area contributed by atoms with Gasteiger partial charge in [-0.05, 0) is 6.07 Å². The van der Waals surface area contributed by atoms with Crippen LogP contribution in [0.4, 0.5) is 0 Å². The Bertz CT molecular complexity index is 630. The van der Waals surface area contributed by atoms with Crippen LogP contribution in [0.15, 0.2) is 24.5 Å². The largest absolute Gasteiger partial charge is 0.480 e. The normalized spacial score (nSPS) is 10.8. The first-order valence-corrected chi connectivity index (χ1v) is 5.25. The van der Waals surface area contributed by atoms with Crippen molar-refractivity contribution in [2.24, 2.45) is 0 Å². The SMILES string of the molecule is O=C(O)C(C(=O)O)c1ccc(Cl)c2nccnc12. The van der Waals surface area contributed by atoms with Crippen molar-refractivity contribution < 1.29 is 19.8 Å². The molecule has 92 valence electrons. The molecule has 0 unspecified atom stereocenters. The summed E-state index contributed by atoms with van der Waals surface area (Å²) in [6.45, 7) is 0. The first-order chi connectivity index (χ1) is 8.52. The van der Waals surface area contributed by atoms with Crippen molar-refractivity contribution in [3.8, 4) is 0 Å². The lowest BCUT2D eigenvalue weighted by atomic mass is 9.98. The van der Waals surface area contributed by atoms with E-state index in [0.29, 0.717) is 0 Å². The number of halogens is 1. The number of fused-ring (bicyclic) bond motifs is 1. The highest BCUT2D eigenvalue weighted by Gasteiger charge is 2.30. The maximum atomic E-state index is 11.0. The molecule has 7 heteroatoms. The van der Waals surface area contributed by atoms with Gasteiger partial charge in [-0.3, -0.25) is 19.6 Å². The smallest absolute Gasteiger partial charge is 0.322 e. The number of carboxylic acid groups (broad SMARTS) is 2. The van der Waals surface area contributed by atoms with Crippen molar-refractivity contribution >= 4 is 34.6 Å². The minimum atomic E-state index is -1.69. The van der Waals surface area contributed by atoms with Gasteiger partial charge in [-0.25, -0.2) is 0 Å². The van der Waals surface area contributed by atoms with Crippen molar-refractivity contribution in [2.75, 3.05) is 0 Å². The van der Waals surface area contributed by atoms with E-state index in [2.05, 4.69) is 9.97 Å². The summed E-state index contributed by atoms with van der Waals surface area (Å²) in [5.41, 5.74) is 0.520. The zero-order chi connectivity index (χ0) is 13.3. The van der Waals surface area contributed by atoms with Crippen LogP contribution >= 0.6 is 11.6 Å². The fourth-order valence-electron chi connectivity index (χ4n) is 1.65. The van der Waals surface area contributed by atoms with Crippen LogP contribution in [0.3, 0.4) is 0 Å². The summed E-state index contributed by atoms with van der Waals surface area (Å²) in [6, 6.07) is 2.75. The maximum Gasteiger partial charge on any atom is 0.322 e. The second-order valence-corrected chi connectivity index (χ2v) is 3.91. The highest BCUT2D eigenvalue weighted by atomic mass is 35.5. The summed E-state index contributed by atoms with van der Waals surface area (Å²) in [4.78, 5) is 29.9. The van der Waals surface area contributed by atoms with E-state index >= 15 is 0 Å². The quantitative estimate of drug-likeness (QED) is 0.817. The number of rotatable bonds is 3. The Morgan fingerprint density at radius 3 is 2.17 bits per heavy atom.